The maximum atomic E-state index is 12.6. The van der Waals surface area contributed by atoms with Gasteiger partial charge in [0.15, 0.2) is 0 Å². The van der Waals surface area contributed by atoms with Crippen LogP contribution >= 0.6 is 0 Å². The zero-order chi connectivity index (χ0) is 27.7. The maximum Gasteiger partial charge on any atom is 0.248 e. The largest absolute Gasteiger partial charge is 0.492 e. The zero-order valence-electron chi connectivity index (χ0n) is 23.2. The van der Waals surface area contributed by atoms with E-state index in [9.17, 15) is 9.90 Å². The SMILES string of the molecule is COCC(=O)N1CCN(Cc2ccc(OCCn3ccnc3C(C)C)cc2)C[C@@](O)(COc2ccccc2)C1. The summed E-state index contributed by atoms with van der Waals surface area (Å²) in [6.45, 7) is 7.94. The van der Waals surface area contributed by atoms with Gasteiger partial charge in [-0.3, -0.25) is 9.69 Å². The molecular weight excluding hydrogens is 496 g/mol. The van der Waals surface area contributed by atoms with Crippen molar-refractivity contribution in [2.75, 3.05) is 53.1 Å². The van der Waals surface area contributed by atoms with Crippen LogP contribution in [0, 0.1) is 0 Å². The van der Waals surface area contributed by atoms with Crippen molar-refractivity contribution in [3.63, 3.8) is 0 Å². The van der Waals surface area contributed by atoms with Crippen molar-refractivity contribution in [2.24, 2.45) is 0 Å². The lowest BCUT2D eigenvalue weighted by molar-refractivity contribution is -0.138. The smallest absolute Gasteiger partial charge is 0.248 e. The number of aliphatic hydroxyl groups is 1. The van der Waals surface area contributed by atoms with Crippen LogP contribution in [0.1, 0.15) is 31.2 Å². The van der Waals surface area contributed by atoms with Crippen molar-refractivity contribution in [3.8, 4) is 11.5 Å². The number of carbonyl (C=O) groups is 1. The Morgan fingerprint density at radius 2 is 1.77 bits per heavy atom. The summed E-state index contributed by atoms with van der Waals surface area (Å²) in [7, 11) is 1.50. The highest BCUT2D eigenvalue weighted by Gasteiger charge is 2.37. The molecule has 0 spiro atoms. The predicted molar refractivity (Wildman–Crippen MR) is 149 cm³/mol. The summed E-state index contributed by atoms with van der Waals surface area (Å²) in [5, 5.41) is 11.6. The third-order valence-corrected chi connectivity index (χ3v) is 6.76. The number of β-amino-alcohol motifs (C(OH)–C–C–N with tert-alkyl or cyclic N) is 1. The zero-order valence-corrected chi connectivity index (χ0v) is 23.2. The summed E-state index contributed by atoms with van der Waals surface area (Å²) >= 11 is 0. The first-order valence-electron chi connectivity index (χ1n) is 13.5. The summed E-state index contributed by atoms with van der Waals surface area (Å²) in [6, 6.07) is 17.4. The number of carbonyl (C=O) groups excluding carboxylic acids is 1. The normalized spacial score (nSPS) is 18.2. The third kappa shape index (κ3) is 8.29. The minimum atomic E-state index is -1.24. The van der Waals surface area contributed by atoms with Gasteiger partial charge in [-0.15, -0.1) is 0 Å². The van der Waals surface area contributed by atoms with Crippen LogP contribution in [0.4, 0.5) is 0 Å². The number of imidazole rings is 1. The summed E-state index contributed by atoms with van der Waals surface area (Å²) in [6.07, 6.45) is 3.81. The first kappa shape index (κ1) is 28.6. The summed E-state index contributed by atoms with van der Waals surface area (Å²) in [5.41, 5.74) is -0.136. The van der Waals surface area contributed by atoms with E-state index in [2.05, 4.69) is 28.3 Å². The number of aromatic nitrogens is 2. The van der Waals surface area contributed by atoms with Crippen LogP contribution in [0.2, 0.25) is 0 Å². The molecule has 3 aromatic rings. The molecule has 9 nitrogen and oxygen atoms in total. The molecule has 1 N–H and O–H groups in total. The number of methoxy groups -OCH3 is 1. The second kappa shape index (κ2) is 13.6. The van der Waals surface area contributed by atoms with Crippen LogP contribution in [-0.4, -0.2) is 89.1 Å². The topological polar surface area (TPSA) is 89.3 Å². The molecule has 39 heavy (non-hydrogen) atoms. The van der Waals surface area contributed by atoms with Crippen molar-refractivity contribution in [1.82, 2.24) is 19.4 Å². The van der Waals surface area contributed by atoms with Crippen molar-refractivity contribution in [2.45, 2.75) is 38.5 Å². The van der Waals surface area contributed by atoms with Crippen molar-refractivity contribution >= 4 is 5.91 Å². The van der Waals surface area contributed by atoms with Gasteiger partial charge in [0.2, 0.25) is 5.91 Å². The molecule has 4 rings (SSSR count). The number of ether oxygens (including phenoxy) is 3. The standard InChI is InChI=1S/C30H40N4O5/c1-24(2)29-31-13-14-33(29)17-18-38-27-11-9-25(10-12-27)19-32-15-16-34(28(35)20-37-3)22-30(36,21-32)23-39-26-7-5-4-6-8-26/h4-14,24,36H,15-23H2,1-3H3/t30-/m0/s1. The average molecular weight is 537 g/mol. The van der Waals surface area contributed by atoms with E-state index in [1.54, 1.807) is 4.90 Å². The highest BCUT2D eigenvalue weighted by molar-refractivity contribution is 5.77. The van der Waals surface area contributed by atoms with Gasteiger partial charge in [-0.05, 0) is 29.8 Å². The van der Waals surface area contributed by atoms with Gasteiger partial charge in [0, 0.05) is 51.6 Å². The molecule has 2 heterocycles. The Balaban J connectivity index is 1.36. The highest BCUT2D eigenvalue weighted by Crippen LogP contribution is 2.21. The van der Waals surface area contributed by atoms with Crippen LogP contribution in [0.25, 0.3) is 0 Å². The van der Waals surface area contributed by atoms with Crippen LogP contribution in [0.5, 0.6) is 11.5 Å². The fourth-order valence-electron chi connectivity index (χ4n) is 4.85. The Morgan fingerprint density at radius 1 is 1.03 bits per heavy atom. The Kier molecular flexibility index (Phi) is 9.97. The average Bonchev–Trinajstić information content (AvgIpc) is 3.33. The fourth-order valence-corrected chi connectivity index (χ4v) is 4.85. The summed E-state index contributed by atoms with van der Waals surface area (Å²) in [4.78, 5) is 20.9. The first-order chi connectivity index (χ1) is 18.8. The number of para-hydroxylation sites is 1. The van der Waals surface area contributed by atoms with E-state index < -0.39 is 5.60 Å². The van der Waals surface area contributed by atoms with E-state index in [1.165, 1.54) is 7.11 Å². The van der Waals surface area contributed by atoms with Crippen LogP contribution < -0.4 is 9.47 Å². The number of rotatable bonds is 12. The van der Waals surface area contributed by atoms with Crippen LogP contribution in [-0.2, 0) is 22.6 Å². The lowest BCUT2D eigenvalue weighted by Crippen LogP contribution is -2.52. The van der Waals surface area contributed by atoms with Gasteiger partial charge in [0.05, 0.1) is 13.1 Å². The van der Waals surface area contributed by atoms with E-state index in [-0.39, 0.29) is 25.7 Å². The first-order valence-corrected chi connectivity index (χ1v) is 13.5. The van der Waals surface area contributed by atoms with Gasteiger partial charge >= 0.3 is 0 Å². The Hall–Kier alpha value is -3.40. The van der Waals surface area contributed by atoms with E-state index in [1.807, 2.05) is 67.0 Å². The molecule has 1 aliphatic heterocycles. The number of amides is 1. The molecule has 0 saturated carbocycles. The monoisotopic (exact) mass is 536 g/mol. The molecule has 0 unspecified atom stereocenters. The molecule has 1 fully saturated rings. The minimum absolute atomic E-state index is 0.0171. The molecule has 0 aliphatic carbocycles. The number of hydrogen-bond donors (Lipinski definition) is 1. The quantitative estimate of drug-likeness (QED) is 0.380. The molecule has 0 bridgehead atoms. The summed E-state index contributed by atoms with van der Waals surface area (Å²) < 4.78 is 19.1. The van der Waals surface area contributed by atoms with Gasteiger partial charge < -0.3 is 28.8 Å². The Bertz CT molecular complexity index is 1170. The number of hydrogen-bond acceptors (Lipinski definition) is 7. The molecule has 0 radical (unpaired) electrons. The molecule has 1 atom stereocenters. The minimum Gasteiger partial charge on any atom is -0.492 e. The molecule has 1 amide bonds. The highest BCUT2D eigenvalue weighted by atomic mass is 16.5. The number of nitrogens with zero attached hydrogens (tertiary/aromatic N) is 4. The Labute approximate surface area is 230 Å². The molecule has 2 aromatic carbocycles. The Morgan fingerprint density at radius 3 is 2.49 bits per heavy atom. The van der Waals surface area contributed by atoms with E-state index in [4.69, 9.17) is 14.2 Å². The van der Waals surface area contributed by atoms with Crippen LogP contribution in [0.15, 0.2) is 67.0 Å². The lowest BCUT2D eigenvalue weighted by Gasteiger charge is -2.33. The molecule has 1 saturated heterocycles. The van der Waals surface area contributed by atoms with Gasteiger partial charge in [-0.2, -0.15) is 0 Å². The second-order valence-electron chi connectivity index (χ2n) is 10.4. The van der Waals surface area contributed by atoms with Gasteiger partial charge in [0.1, 0.15) is 42.7 Å². The molecule has 1 aliphatic rings. The van der Waals surface area contributed by atoms with E-state index >= 15 is 0 Å². The van der Waals surface area contributed by atoms with E-state index in [0.29, 0.717) is 44.5 Å². The number of benzene rings is 2. The fraction of sp³-hybridized carbons (Fsp3) is 0.467. The molecule has 1 aromatic heterocycles. The van der Waals surface area contributed by atoms with E-state index in [0.717, 1.165) is 23.7 Å². The van der Waals surface area contributed by atoms with Crippen molar-refractivity contribution in [1.29, 1.82) is 0 Å². The van der Waals surface area contributed by atoms with Gasteiger partial charge in [-0.25, -0.2) is 4.98 Å². The lowest BCUT2D eigenvalue weighted by atomic mass is 10.0. The van der Waals surface area contributed by atoms with Crippen molar-refractivity contribution < 1.29 is 24.1 Å². The van der Waals surface area contributed by atoms with Crippen molar-refractivity contribution in [3.05, 3.63) is 78.4 Å². The molecular formula is C30H40N4O5. The van der Waals surface area contributed by atoms with Crippen LogP contribution in [0.3, 0.4) is 0 Å². The molecule has 9 heteroatoms. The van der Waals surface area contributed by atoms with Gasteiger partial charge in [-0.1, -0.05) is 44.2 Å². The maximum absolute atomic E-state index is 12.6. The summed E-state index contributed by atoms with van der Waals surface area (Å²) in [5.74, 6) is 2.77. The van der Waals surface area contributed by atoms with Gasteiger partial charge in [0.25, 0.3) is 0 Å². The predicted octanol–water partition coefficient (Wildman–Crippen LogP) is 3.19. The molecule has 210 valence electrons. The second-order valence-corrected chi connectivity index (χ2v) is 10.4. The third-order valence-electron chi connectivity index (χ3n) is 6.76.